The first-order valence-electron chi connectivity index (χ1n) is 7.16. The highest BCUT2D eigenvalue weighted by Gasteiger charge is 2.49. The molecule has 0 aliphatic carbocycles. The number of fused-ring (bicyclic) bond motifs is 1. The molecule has 3 N–H and O–H groups in total. The van der Waals surface area contributed by atoms with Crippen LogP contribution in [-0.4, -0.2) is 52.2 Å². The van der Waals surface area contributed by atoms with E-state index in [0.29, 0.717) is 12.8 Å². The van der Waals surface area contributed by atoms with Crippen LogP contribution in [0.25, 0.3) is 0 Å². The van der Waals surface area contributed by atoms with Crippen molar-refractivity contribution < 1.29 is 19.4 Å². The summed E-state index contributed by atoms with van der Waals surface area (Å²) >= 11 is 0. The number of carbonyl (C=O) groups excluding carboxylic acids is 2. The van der Waals surface area contributed by atoms with Crippen LogP contribution in [0.1, 0.15) is 40.0 Å². The van der Waals surface area contributed by atoms with E-state index < -0.39 is 17.7 Å². The predicted octanol–water partition coefficient (Wildman–Crippen LogP) is 0.0272. The largest absolute Gasteiger partial charge is 0.458 e. The van der Waals surface area contributed by atoms with Crippen molar-refractivity contribution in [2.24, 2.45) is 11.7 Å². The second-order valence-corrected chi connectivity index (χ2v) is 6.73. The molecule has 0 saturated carbocycles. The van der Waals surface area contributed by atoms with Gasteiger partial charge in [-0.25, -0.2) is 4.79 Å². The molecule has 1 amide bonds. The normalized spacial score (nSPS) is 34.0. The van der Waals surface area contributed by atoms with Gasteiger partial charge in [0.25, 0.3) is 0 Å². The van der Waals surface area contributed by atoms with Gasteiger partial charge in [0.1, 0.15) is 11.6 Å². The van der Waals surface area contributed by atoms with Crippen LogP contribution in [-0.2, 0) is 14.3 Å². The molecule has 2 aliphatic rings. The van der Waals surface area contributed by atoms with Crippen molar-refractivity contribution in [3.8, 4) is 0 Å². The van der Waals surface area contributed by atoms with Gasteiger partial charge in [0, 0.05) is 18.6 Å². The van der Waals surface area contributed by atoms with Crippen LogP contribution in [0.3, 0.4) is 0 Å². The lowest BCUT2D eigenvalue weighted by molar-refractivity contribution is -0.166. The zero-order valence-corrected chi connectivity index (χ0v) is 12.3. The van der Waals surface area contributed by atoms with Gasteiger partial charge in [-0.1, -0.05) is 0 Å². The van der Waals surface area contributed by atoms with E-state index in [1.807, 2.05) is 20.8 Å². The minimum atomic E-state index is -0.723. The Bertz CT molecular complexity index is 404. The van der Waals surface area contributed by atoms with Gasteiger partial charge in [-0.2, -0.15) is 0 Å². The van der Waals surface area contributed by atoms with E-state index in [1.54, 1.807) is 4.90 Å². The molecule has 20 heavy (non-hydrogen) atoms. The number of amides is 1. The number of carbonyl (C=O) groups is 2. The van der Waals surface area contributed by atoms with Crippen molar-refractivity contribution in [1.29, 1.82) is 0 Å². The number of ether oxygens (including phenoxy) is 1. The number of hydrogen-bond acceptors (Lipinski definition) is 5. The molecule has 2 aliphatic heterocycles. The molecule has 6 nitrogen and oxygen atoms in total. The third-order valence-electron chi connectivity index (χ3n) is 4.04. The average molecular weight is 284 g/mol. The molecule has 0 aromatic rings. The fraction of sp³-hybridized carbons (Fsp3) is 0.857. The summed E-state index contributed by atoms with van der Waals surface area (Å²) in [6, 6.07) is -1.26. The van der Waals surface area contributed by atoms with Crippen molar-refractivity contribution in [1.82, 2.24) is 4.90 Å². The smallest absolute Gasteiger partial charge is 0.329 e. The first-order valence-corrected chi connectivity index (χ1v) is 7.16. The summed E-state index contributed by atoms with van der Waals surface area (Å²) in [5.41, 5.74) is 5.31. The maximum atomic E-state index is 12.3. The molecule has 114 valence electrons. The van der Waals surface area contributed by atoms with Crippen LogP contribution < -0.4 is 5.73 Å². The number of aliphatic hydroxyl groups is 1. The summed E-state index contributed by atoms with van der Waals surface area (Å²) < 4.78 is 5.38. The summed E-state index contributed by atoms with van der Waals surface area (Å²) in [4.78, 5) is 26.1. The minimum Gasteiger partial charge on any atom is -0.458 e. The minimum absolute atomic E-state index is 0.00281. The summed E-state index contributed by atoms with van der Waals surface area (Å²) in [5, 5.41) is 9.28. The molecular weight excluding hydrogens is 260 g/mol. The Morgan fingerprint density at radius 1 is 1.45 bits per heavy atom. The van der Waals surface area contributed by atoms with E-state index >= 15 is 0 Å². The first kappa shape index (κ1) is 15.3. The Morgan fingerprint density at radius 3 is 2.65 bits per heavy atom. The first-order chi connectivity index (χ1) is 9.24. The fourth-order valence-electron chi connectivity index (χ4n) is 3.11. The Hall–Kier alpha value is -1.14. The monoisotopic (exact) mass is 284 g/mol. The molecular formula is C14H24N2O4. The molecule has 2 fully saturated rings. The molecule has 2 saturated heterocycles. The van der Waals surface area contributed by atoms with Gasteiger partial charge in [-0.3, -0.25) is 4.79 Å². The van der Waals surface area contributed by atoms with E-state index in [9.17, 15) is 14.7 Å². The van der Waals surface area contributed by atoms with Gasteiger partial charge < -0.3 is 20.5 Å². The molecule has 0 spiro atoms. The van der Waals surface area contributed by atoms with Crippen LogP contribution >= 0.6 is 0 Å². The molecule has 2 rings (SSSR count). The van der Waals surface area contributed by atoms with Crippen molar-refractivity contribution in [2.75, 3.05) is 6.61 Å². The maximum absolute atomic E-state index is 12.3. The van der Waals surface area contributed by atoms with Crippen molar-refractivity contribution >= 4 is 11.9 Å². The highest BCUT2D eigenvalue weighted by atomic mass is 16.6. The Balaban J connectivity index is 2.12. The van der Waals surface area contributed by atoms with Crippen molar-refractivity contribution in [3.05, 3.63) is 0 Å². The molecule has 6 heteroatoms. The lowest BCUT2D eigenvalue weighted by Crippen LogP contribution is -2.59. The summed E-state index contributed by atoms with van der Waals surface area (Å²) in [5.74, 6) is -0.808. The molecule has 0 radical (unpaired) electrons. The van der Waals surface area contributed by atoms with E-state index in [-0.39, 0.29) is 30.4 Å². The predicted molar refractivity (Wildman–Crippen MR) is 72.7 cm³/mol. The summed E-state index contributed by atoms with van der Waals surface area (Å²) in [6.07, 6.45) is 2.03. The van der Waals surface area contributed by atoms with Crippen LogP contribution in [0.15, 0.2) is 0 Å². The third kappa shape index (κ3) is 2.81. The number of aliphatic hydroxyl groups excluding tert-OH is 1. The van der Waals surface area contributed by atoms with Crippen LogP contribution in [0, 0.1) is 5.92 Å². The molecule has 0 unspecified atom stereocenters. The van der Waals surface area contributed by atoms with E-state index in [0.717, 1.165) is 6.42 Å². The number of nitrogens with two attached hydrogens (primary N) is 1. The zero-order valence-electron chi connectivity index (χ0n) is 12.3. The van der Waals surface area contributed by atoms with E-state index in [1.165, 1.54) is 0 Å². The number of nitrogens with zero attached hydrogens (tertiary/aromatic N) is 1. The van der Waals surface area contributed by atoms with Gasteiger partial charge in [0.05, 0.1) is 6.04 Å². The second kappa shape index (κ2) is 5.33. The summed E-state index contributed by atoms with van der Waals surface area (Å²) in [6.45, 7) is 5.34. The van der Waals surface area contributed by atoms with Crippen molar-refractivity contribution in [3.63, 3.8) is 0 Å². The van der Waals surface area contributed by atoms with Crippen LogP contribution in [0.2, 0.25) is 0 Å². The number of piperidine rings is 1. The van der Waals surface area contributed by atoms with E-state index in [2.05, 4.69) is 0 Å². The molecule has 0 aromatic carbocycles. The Morgan fingerprint density at radius 2 is 2.10 bits per heavy atom. The SMILES string of the molecule is CC(C)(C)OC(=O)[C@H]1CC[C@@H]2C[C@H](CO)[C@H](N)C(=O)N21. The quantitative estimate of drug-likeness (QED) is 0.698. The van der Waals surface area contributed by atoms with E-state index in [4.69, 9.17) is 10.5 Å². The number of esters is 1. The van der Waals surface area contributed by atoms with Gasteiger partial charge in [-0.15, -0.1) is 0 Å². The highest BCUT2D eigenvalue weighted by Crippen LogP contribution is 2.35. The lowest BCUT2D eigenvalue weighted by Gasteiger charge is -2.40. The standard InChI is InChI=1S/C14H24N2O4/c1-14(2,3)20-13(19)10-5-4-9-6-8(7-17)11(15)12(18)16(9)10/h8-11,17H,4-7,15H2,1-3H3/t8-,9-,10-,11+/m1/s1. The second-order valence-electron chi connectivity index (χ2n) is 6.73. The fourth-order valence-corrected chi connectivity index (χ4v) is 3.11. The molecule has 4 atom stereocenters. The lowest BCUT2D eigenvalue weighted by atomic mass is 9.87. The Kier molecular flexibility index (Phi) is 4.07. The highest BCUT2D eigenvalue weighted by molar-refractivity contribution is 5.89. The molecule has 0 aromatic heterocycles. The Labute approximate surface area is 119 Å². The maximum Gasteiger partial charge on any atom is 0.329 e. The number of hydrogen-bond donors (Lipinski definition) is 2. The number of rotatable bonds is 2. The van der Waals surface area contributed by atoms with Crippen LogP contribution in [0.4, 0.5) is 0 Å². The zero-order chi connectivity index (χ0) is 15.1. The van der Waals surface area contributed by atoms with Crippen LogP contribution in [0.5, 0.6) is 0 Å². The average Bonchev–Trinajstić information content (AvgIpc) is 2.75. The van der Waals surface area contributed by atoms with Gasteiger partial charge in [0.15, 0.2) is 0 Å². The van der Waals surface area contributed by atoms with Gasteiger partial charge in [0.2, 0.25) is 5.91 Å². The van der Waals surface area contributed by atoms with Gasteiger partial charge in [-0.05, 0) is 40.0 Å². The van der Waals surface area contributed by atoms with Crippen molar-refractivity contribution in [2.45, 2.75) is 63.8 Å². The molecule has 0 bridgehead atoms. The van der Waals surface area contributed by atoms with Gasteiger partial charge >= 0.3 is 5.97 Å². The third-order valence-corrected chi connectivity index (χ3v) is 4.04. The molecule has 2 heterocycles. The summed E-state index contributed by atoms with van der Waals surface area (Å²) in [7, 11) is 0. The topological polar surface area (TPSA) is 92.9 Å².